The number of carboxylic acids is 1. The number of hydrogen-bond donors (Lipinski definition) is 1. The van der Waals surface area contributed by atoms with E-state index in [-0.39, 0.29) is 0 Å². The highest BCUT2D eigenvalue weighted by molar-refractivity contribution is 7.99. The van der Waals surface area contributed by atoms with Gasteiger partial charge in [-0.2, -0.15) is 0 Å². The predicted octanol–water partition coefficient (Wildman–Crippen LogP) is 5.54. The normalized spacial score (nSPS) is 10.7. The van der Waals surface area contributed by atoms with Crippen LogP contribution in [0.25, 0.3) is 0 Å². The molecule has 1 aromatic rings. The summed E-state index contributed by atoms with van der Waals surface area (Å²) in [6, 6.07) is 5.72. The van der Waals surface area contributed by atoms with Gasteiger partial charge in [0, 0.05) is 4.90 Å². The first kappa shape index (κ1) is 17.1. The van der Waals surface area contributed by atoms with Crippen LogP contribution in [0.5, 0.6) is 0 Å². The number of hydrogen-bond acceptors (Lipinski definition) is 2. The van der Waals surface area contributed by atoms with E-state index >= 15 is 0 Å². The average molecular weight is 294 g/mol. The fraction of sp³-hybridized carbons (Fsp3) is 0.588. The Balaban J connectivity index is 2.22. The lowest BCUT2D eigenvalue weighted by molar-refractivity contribution is 0.0696. The van der Waals surface area contributed by atoms with Crippen molar-refractivity contribution in [3.05, 3.63) is 29.3 Å². The Kier molecular flexibility index (Phi) is 8.43. The third-order valence-corrected chi connectivity index (χ3v) is 4.54. The third-order valence-electron chi connectivity index (χ3n) is 3.46. The number of carboxylic acid groups (broad SMARTS) is 1. The second-order valence-electron chi connectivity index (χ2n) is 5.25. The monoisotopic (exact) mass is 294 g/mol. The van der Waals surface area contributed by atoms with E-state index in [4.69, 9.17) is 5.11 Å². The Hall–Kier alpha value is -0.960. The molecule has 0 aliphatic heterocycles. The zero-order valence-electron chi connectivity index (χ0n) is 12.7. The molecule has 1 rings (SSSR count). The van der Waals surface area contributed by atoms with Gasteiger partial charge in [-0.05, 0) is 36.8 Å². The molecule has 0 amide bonds. The first-order valence-electron chi connectivity index (χ1n) is 7.62. The molecule has 0 saturated heterocycles. The van der Waals surface area contributed by atoms with Crippen molar-refractivity contribution in [2.75, 3.05) is 5.75 Å². The molecular formula is C17H26O2S. The summed E-state index contributed by atoms with van der Waals surface area (Å²) in [4.78, 5) is 12.1. The highest BCUT2D eigenvalue weighted by Crippen LogP contribution is 2.23. The first-order valence-corrected chi connectivity index (χ1v) is 8.60. The first-order chi connectivity index (χ1) is 9.65. The van der Waals surface area contributed by atoms with Crippen LogP contribution >= 0.6 is 11.8 Å². The number of carbonyl (C=O) groups is 1. The number of benzene rings is 1. The number of aryl methyl sites for hydroxylation is 1. The lowest BCUT2D eigenvalue weighted by atomic mass is 10.1. The molecule has 0 radical (unpaired) electrons. The minimum Gasteiger partial charge on any atom is -0.478 e. The molecule has 0 saturated carbocycles. The van der Waals surface area contributed by atoms with Gasteiger partial charge in [-0.25, -0.2) is 4.79 Å². The standard InChI is InChI=1S/C17H26O2S/c1-3-4-5-6-7-8-9-12-20-15-11-10-14(2)16(13-15)17(18)19/h10-11,13H,3-9,12H2,1-2H3,(H,18,19). The largest absolute Gasteiger partial charge is 0.478 e. The van der Waals surface area contributed by atoms with Gasteiger partial charge in [0.25, 0.3) is 0 Å². The summed E-state index contributed by atoms with van der Waals surface area (Å²) < 4.78 is 0. The van der Waals surface area contributed by atoms with Crippen molar-refractivity contribution in [2.45, 2.75) is 63.7 Å². The van der Waals surface area contributed by atoms with Crippen LogP contribution in [0.3, 0.4) is 0 Å². The van der Waals surface area contributed by atoms with Gasteiger partial charge in [0.15, 0.2) is 0 Å². The fourth-order valence-corrected chi connectivity index (χ4v) is 3.12. The number of unbranched alkanes of at least 4 members (excludes halogenated alkanes) is 6. The Bertz CT molecular complexity index is 415. The van der Waals surface area contributed by atoms with Crippen molar-refractivity contribution < 1.29 is 9.90 Å². The smallest absolute Gasteiger partial charge is 0.335 e. The summed E-state index contributed by atoms with van der Waals surface area (Å²) in [5.74, 6) is 0.247. The molecule has 1 aromatic carbocycles. The summed E-state index contributed by atoms with van der Waals surface area (Å²) in [7, 11) is 0. The van der Waals surface area contributed by atoms with E-state index in [0.29, 0.717) is 5.56 Å². The Labute approximate surface area is 127 Å². The number of thioether (sulfide) groups is 1. The van der Waals surface area contributed by atoms with Gasteiger partial charge in [0.2, 0.25) is 0 Å². The van der Waals surface area contributed by atoms with Crippen LogP contribution in [0.2, 0.25) is 0 Å². The molecule has 0 heterocycles. The van der Waals surface area contributed by atoms with E-state index in [1.165, 1.54) is 44.9 Å². The molecule has 20 heavy (non-hydrogen) atoms. The molecule has 2 nitrogen and oxygen atoms in total. The van der Waals surface area contributed by atoms with Crippen molar-refractivity contribution in [1.29, 1.82) is 0 Å². The van der Waals surface area contributed by atoms with Crippen molar-refractivity contribution >= 4 is 17.7 Å². The minimum absolute atomic E-state index is 0.426. The van der Waals surface area contributed by atoms with Gasteiger partial charge >= 0.3 is 5.97 Å². The Morgan fingerprint density at radius 3 is 2.40 bits per heavy atom. The lowest BCUT2D eigenvalue weighted by Crippen LogP contribution is -1.99. The van der Waals surface area contributed by atoms with Crippen molar-refractivity contribution in [3.63, 3.8) is 0 Å². The molecule has 1 N–H and O–H groups in total. The van der Waals surface area contributed by atoms with E-state index in [1.54, 1.807) is 17.8 Å². The SMILES string of the molecule is CCCCCCCCCSc1ccc(C)c(C(=O)O)c1. The molecule has 0 unspecified atom stereocenters. The van der Waals surface area contributed by atoms with E-state index < -0.39 is 5.97 Å². The second-order valence-corrected chi connectivity index (χ2v) is 6.42. The molecule has 0 spiro atoms. The summed E-state index contributed by atoms with van der Waals surface area (Å²) >= 11 is 1.77. The molecule has 0 aromatic heterocycles. The van der Waals surface area contributed by atoms with Crippen LogP contribution < -0.4 is 0 Å². The van der Waals surface area contributed by atoms with Crippen LogP contribution in [0, 0.1) is 6.92 Å². The third kappa shape index (κ3) is 6.47. The number of rotatable bonds is 10. The minimum atomic E-state index is -0.833. The quantitative estimate of drug-likeness (QED) is 0.455. The molecule has 112 valence electrons. The van der Waals surface area contributed by atoms with E-state index in [9.17, 15) is 4.79 Å². The number of aromatic carboxylic acids is 1. The molecule has 0 aliphatic carbocycles. The van der Waals surface area contributed by atoms with Crippen LogP contribution in [-0.2, 0) is 0 Å². The van der Waals surface area contributed by atoms with Crippen molar-refractivity contribution in [3.8, 4) is 0 Å². The van der Waals surface area contributed by atoms with Crippen molar-refractivity contribution in [1.82, 2.24) is 0 Å². The highest BCUT2D eigenvalue weighted by Gasteiger charge is 2.07. The molecule has 0 bridgehead atoms. The van der Waals surface area contributed by atoms with Crippen LogP contribution in [0.1, 0.15) is 67.8 Å². The highest BCUT2D eigenvalue weighted by atomic mass is 32.2. The molecule has 0 atom stereocenters. The molecule has 3 heteroatoms. The van der Waals surface area contributed by atoms with Crippen molar-refractivity contribution in [2.24, 2.45) is 0 Å². The van der Waals surface area contributed by atoms with Crippen LogP contribution in [-0.4, -0.2) is 16.8 Å². The summed E-state index contributed by atoms with van der Waals surface area (Å²) in [6.45, 7) is 4.08. The molecule has 0 fully saturated rings. The summed E-state index contributed by atoms with van der Waals surface area (Å²) in [5.41, 5.74) is 1.26. The van der Waals surface area contributed by atoms with E-state index in [0.717, 1.165) is 16.2 Å². The van der Waals surface area contributed by atoms with Gasteiger partial charge in [-0.3, -0.25) is 0 Å². The van der Waals surface area contributed by atoms with Gasteiger partial charge in [-0.15, -0.1) is 11.8 Å². The second kappa shape index (κ2) is 9.87. The van der Waals surface area contributed by atoms with Gasteiger partial charge in [0.05, 0.1) is 5.56 Å². The maximum atomic E-state index is 11.1. The predicted molar refractivity (Wildman–Crippen MR) is 86.9 cm³/mol. The van der Waals surface area contributed by atoms with E-state index in [2.05, 4.69) is 6.92 Å². The lowest BCUT2D eigenvalue weighted by Gasteiger charge is -2.05. The van der Waals surface area contributed by atoms with Crippen LogP contribution in [0.4, 0.5) is 0 Å². The molecular weight excluding hydrogens is 268 g/mol. The van der Waals surface area contributed by atoms with Gasteiger partial charge in [0.1, 0.15) is 0 Å². The summed E-state index contributed by atoms with van der Waals surface area (Å²) in [6.07, 6.45) is 9.21. The molecule has 0 aliphatic rings. The average Bonchev–Trinajstić information content (AvgIpc) is 2.43. The van der Waals surface area contributed by atoms with Gasteiger partial charge in [-0.1, -0.05) is 51.5 Å². The van der Waals surface area contributed by atoms with Crippen LogP contribution in [0.15, 0.2) is 23.1 Å². The fourth-order valence-electron chi connectivity index (χ4n) is 2.17. The summed E-state index contributed by atoms with van der Waals surface area (Å²) in [5, 5.41) is 9.09. The maximum absolute atomic E-state index is 11.1. The zero-order valence-corrected chi connectivity index (χ0v) is 13.5. The maximum Gasteiger partial charge on any atom is 0.335 e. The topological polar surface area (TPSA) is 37.3 Å². The Morgan fingerprint density at radius 2 is 1.75 bits per heavy atom. The zero-order chi connectivity index (χ0) is 14.8. The van der Waals surface area contributed by atoms with E-state index in [1.807, 2.05) is 19.1 Å². The Morgan fingerprint density at radius 1 is 1.10 bits per heavy atom. The van der Waals surface area contributed by atoms with Gasteiger partial charge < -0.3 is 5.11 Å².